The molecular weight excluding hydrogens is 350 g/mol. The Balaban J connectivity index is 2.71. The monoisotopic (exact) mass is 375 g/mol. The van der Waals surface area contributed by atoms with Gasteiger partial charge in [0, 0.05) is 6.54 Å². The molecule has 0 aliphatic rings. The second-order valence-electron chi connectivity index (χ2n) is 4.52. The number of rotatable bonds is 11. The minimum Gasteiger partial charge on any atom is -0.490 e. The molecule has 0 unspecified atom stereocenters. The molecule has 0 aliphatic carbocycles. The second kappa shape index (κ2) is 11.2. The standard InChI is InChI=1S/C16H26BrNO2S/c1-4-18-12-13-10-14(17)16(15(11-13)19-5-2)20-8-7-9-21-6-3/h10-11,18H,4-9,12H2,1-3H3. The van der Waals surface area contributed by atoms with E-state index in [4.69, 9.17) is 9.47 Å². The molecule has 0 heterocycles. The maximum atomic E-state index is 5.92. The second-order valence-corrected chi connectivity index (χ2v) is 6.77. The molecule has 1 aromatic rings. The number of ether oxygens (including phenoxy) is 2. The minimum atomic E-state index is 0.638. The van der Waals surface area contributed by atoms with Gasteiger partial charge in [0.25, 0.3) is 0 Å². The van der Waals surface area contributed by atoms with Crippen LogP contribution >= 0.6 is 27.7 Å². The highest BCUT2D eigenvalue weighted by Gasteiger charge is 2.12. The van der Waals surface area contributed by atoms with E-state index in [9.17, 15) is 0 Å². The molecule has 0 atom stereocenters. The first kappa shape index (κ1) is 18.7. The van der Waals surface area contributed by atoms with Crippen molar-refractivity contribution in [3.8, 4) is 11.5 Å². The van der Waals surface area contributed by atoms with Gasteiger partial charge in [-0.2, -0.15) is 11.8 Å². The summed E-state index contributed by atoms with van der Waals surface area (Å²) in [7, 11) is 0. The van der Waals surface area contributed by atoms with E-state index in [1.54, 1.807) is 0 Å². The molecule has 0 spiro atoms. The van der Waals surface area contributed by atoms with Gasteiger partial charge in [-0.15, -0.1) is 0 Å². The quantitative estimate of drug-likeness (QED) is 0.577. The van der Waals surface area contributed by atoms with Gasteiger partial charge in [0.1, 0.15) is 0 Å². The van der Waals surface area contributed by atoms with Gasteiger partial charge >= 0.3 is 0 Å². The van der Waals surface area contributed by atoms with Crippen LogP contribution in [0.25, 0.3) is 0 Å². The van der Waals surface area contributed by atoms with Crippen molar-refractivity contribution in [3.63, 3.8) is 0 Å². The number of hydrogen-bond acceptors (Lipinski definition) is 4. The molecule has 1 aromatic carbocycles. The number of nitrogens with one attached hydrogen (secondary N) is 1. The Bertz CT molecular complexity index is 416. The number of benzene rings is 1. The molecule has 0 saturated carbocycles. The van der Waals surface area contributed by atoms with Crippen molar-refractivity contribution in [3.05, 3.63) is 22.2 Å². The third-order valence-corrected chi connectivity index (χ3v) is 4.41. The Morgan fingerprint density at radius 3 is 2.67 bits per heavy atom. The van der Waals surface area contributed by atoms with Crippen LogP contribution in [-0.4, -0.2) is 31.3 Å². The van der Waals surface area contributed by atoms with E-state index in [2.05, 4.69) is 47.2 Å². The Labute approximate surface area is 141 Å². The van der Waals surface area contributed by atoms with Crippen molar-refractivity contribution >= 4 is 27.7 Å². The number of halogens is 1. The van der Waals surface area contributed by atoms with Crippen molar-refractivity contribution in [2.24, 2.45) is 0 Å². The van der Waals surface area contributed by atoms with Gasteiger partial charge in [0.15, 0.2) is 11.5 Å². The lowest BCUT2D eigenvalue weighted by Crippen LogP contribution is -2.12. The summed E-state index contributed by atoms with van der Waals surface area (Å²) in [6.45, 7) is 9.42. The van der Waals surface area contributed by atoms with E-state index in [-0.39, 0.29) is 0 Å². The predicted octanol–water partition coefficient (Wildman–Crippen LogP) is 4.48. The van der Waals surface area contributed by atoms with Gasteiger partial charge in [-0.1, -0.05) is 13.8 Å². The molecule has 5 heteroatoms. The fourth-order valence-electron chi connectivity index (χ4n) is 1.88. The topological polar surface area (TPSA) is 30.5 Å². The molecule has 0 aromatic heterocycles. The smallest absolute Gasteiger partial charge is 0.175 e. The summed E-state index contributed by atoms with van der Waals surface area (Å²) in [5.41, 5.74) is 1.20. The lowest BCUT2D eigenvalue weighted by atomic mass is 10.2. The molecule has 0 saturated heterocycles. The summed E-state index contributed by atoms with van der Waals surface area (Å²) in [4.78, 5) is 0. The zero-order chi connectivity index (χ0) is 15.5. The first-order valence-electron chi connectivity index (χ1n) is 7.59. The number of hydrogen-bond donors (Lipinski definition) is 1. The first-order valence-corrected chi connectivity index (χ1v) is 9.54. The summed E-state index contributed by atoms with van der Waals surface area (Å²) in [6, 6.07) is 4.16. The maximum Gasteiger partial charge on any atom is 0.175 e. The van der Waals surface area contributed by atoms with Crippen LogP contribution in [0.15, 0.2) is 16.6 Å². The Hall–Kier alpha value is -0.390. The van der Waals surface area contributed by atoms with Crippen LogP contribution in [0.3, 0.4) is 0 Å². The molecule has 0 bridgehead atoms. The summed E-state index contributed by atoms with van der Waals surface area (Å²) in [6.07, 6.45) is 1.05. The Kier molecular flexibility index (Phi) is 9.96. The van der Waals surface area contributed by atoms with E-state index < -0.39 is 0 Å². The van der Waals surface area contributed by atoms with Gasteiger partial charge in [-0.3, -0.25) is 0 Å². The molecule has 21 heavy (non-hydrogen) atoms. The molecule has 3 nitrogen and oxygen atoms in total. The zero-order valence-corrected chi connectivity index (χ0v) is 15.6. The lowest BCUT2D eigenvalue weighted by Gasteiger charge is -2.15. The van der Waals surface area contributed by atoms with Crippen molar-refractivity contribution in [2.75, 3.05) is 31.3 Å². The van der Waals surface area contributed by atoms with Crippen molar-refractivity contribution in [2.45, 2.75) is 33.7 Å². The molecule has 1 rings (SSSR count). The third kappa shape index (κ3) is 6.94. The van der Waals surface area contributed by atoms with Crippen LogP contribution in [0, 0.1) is 0 Å². The van der Waals surface area contributed by atoms with Gasteiger partial charge in [0.05, 0.1) is 17.7 Å². The lowest BCUT2D eigenvalue weighted by molar-refractivity contribution is 0.275. The van der Waals surface area contributed by atoms with Crippen molar-refractivity contribution < 1.29 is 9.47 Å². The predicted molar refractivity (Wildman–Crippen MR) is 95.8 cm³/mol. The fraction of sp³-hybridized carbons (Fsp3) is 0.625. The average Bonchev–Trinajstić information content (AvgIpc) is 2.47. The molecule has 0 radical (unpaired) electrons. The molecule has 120 valence electrons. The van der Waals surface area contributed by atoms with Crippen LogP contribution in [0.1, 0.15) is 32.8 Å². The highest BCUT2D eigenvalue weighted by Crippen LogP contribution is 2.37. The normalized spacial score (nSPS) is 10.7. The molecule has 0 amide bonds. The van der Waals surface area contributed by atoms with Crippen molar-refractivity contribution in [1.29, 1.82) is 0 Å². The summed E-state index contributed by atoms with van der Waals surface area (Å²) in [5.74, 6) is 3.94. The van der Waals surface area contributed by atoms with Crippen molar-refractivity contribution in [1.82, 2.24) is 5.32 Å². The average molecular weight is 376 g/mol. The van der Waals surface area contributed by atoms with Gasteiger partial charge in [0.2, 0.25) is 0 Å². The maximum absolute atomic E-state index is 5.92. The first-order chi connectivity index (χ1) is 10.2. The SMILES string of the molecule is CCNCc1cc(Br)c(OCCCSCC)c(OCC)c1. The zero-order valence-electron chi connectivity index (χ0n) is 13.2. The third-order valence-electron chi connectivity index (χ3n) is 2.83. The molecule has 1 N–H and O–H groups in total. The minimum absolute atomic E-state index is 0.638. The Morgan fingerprint density at radius 2 is 2.00 bits per heavy atom. The fourth-order valence-corrected chi connectivity index (χ4v) is 3.09. The van der Waals surface area contributed by atoms with E-state index in [1.807, 2.05) is 18.7 Å². The van der Waals surface area contributed by atoms with Crippen LogP contribution in [-0.2, 0) is 6.54 Å². The largest absolute Gasteiger partial charge is 0.490 e. The summed E-state index contributed by atoms with van der Waals surface area (Å²) < 4.78 is 12.6. The highest BCUT2D eigenvalue weighted by atomic mass is 79.9. The van der Waals surface area contributed by atoms with Gasteiger partial charge in [-0.05, 0) is 65.0 Å². The van der Waals surface area contributed by atoms with Crippen LogP contribution < -0.4 is 14.8 Å². The number of thioether (sulfide) groups is 1. The molecule has 0 fully saturated rings. The molecular formula is C16H26BrNO2S. The van der Waals surface area contributed by atoms with E-state index in [0.717, 1.165) is 53.6 Å². The highest BCUT2D eigenvalue weighted by molar-refractivity contribution is 9.10. The summed E-state index contributed by atoms with van der Waals surface area (Å²) in [5, 5.41) is 3.33. The van der Waals surface area contributed by atoms with E-state index in [1.165, 1.54) is 5.56 Å². The van der Waals surface area contributed by atoms with Gasteiger partial charge in [-0.25, -0.2) is 0 Å². The Morgan fingerprint density at radius 1 is 1.19 bits per heavy atom. The van der Waals surface area contributed by atoms with Crippen LogP contribution in [0.4, 0.5) is 0 Å². The van der Waals surface area contributed by atoms with Gasteiger partial charge < -0.3 is 14.8 Å². The van der Waals surface area contributed by atoms with Crippen LogP contribution in [0.2, 0.25) is 0 Å². The summed E-state index contributed by atoms with van der Waals surface area (Å²) >= 11 is 5.55. The van der Waals surface area contributed by atoms with E-state index in [0.29, 0.717) is 6.61 Å². The van der Waals surface area contributed by atoms with E-state index >= 15 is 0 Å². The molecule has 0 aliphatic heterocycles. The van der Waals surface area contributed by atoms with Crippen LogP contribution in [0.5, 0.6) is 11.5 Å².